The molecular formula is C29H25FN2O3. The third kappa shape index (κ3) is 5.49. The van der Waals surface area contributed by atoms with Gasteiger partial charge in [0.15, 0.2) is 0 Å². The quantitative estimate of drug-likeness (QED) is 0.277. The number of rotatable bonds is 8. The highest BCUT2D eigenvalue weighted by Gasteiger charge is 2.24. The topological polar surface area (TPSA) is 79.6 Å². The van der Waals surface area contributed by atoms with E-state index >= 15 is 0 Å². The zero-order chi connectivity index (χ0) is 24.9. The van der Waals surface area contributed by atoms with Gasteiger partial charge in [0, 0.05) is 17.8 Å². The van der Waals surface area contributed by atoms with Crippen molar-refractivity contribution < 1.29 is 14.3 Å². The number of aromatic nitrogens is 1. The monoisotopic (exact) mass is 468 g/mol. The van der Waals surface area contributed by atoms with Crippen LogP contribution in [0.4, 0.5) is 4.39 Å². The summed E-state index contributed by atoms with van der Waals surface area (Å²) in [6, 6.07) is 22.4. The predicted octanol–water partition coefficient (Wildman–Crippen LogP) is 7.23. The number of aromatic carboxylic acids is 1. The van der Waals surface area contributed by atoms with E-state index < -0.39 is 12.0 Å². The molecule has 1 heterocycles. The van der Waals surface area contributed by atoms with Crippen molar-refractivity contribution in [3.63, 3.8) is 0 Å². The van der Waals surface area contributed by atoms with Crippen LogP contribution >= 0.6 is 0 Å². The molecule has 4 aromatic rings. The first kappa shape index (κ1) is 24.0. The Morgan fingerprint density at radius 1 is 0.914 bits per heavy atom. The van der Waals surface area contributed by atoms with Gasteiger partial charge in [-0.1, -0.05) is 47.6 Å². The minimum absolute atomic E-state index is 0.185. The van der Waals surface area contributed by atoms with Crippen LogP contribution in [0.15, 0.2) is 90.2 Å². The van der Waals surface area contributed by atoms with Gasteiger partial charge in [0.2, 0.25) is 0 Å². The summed E-state index contributed by atoms with van der Waals surface area (Å²) in [7, 11) is 0. The Morgan fingerprint density at radius 2 is 1.57 bits per heavy atom. The number of carboxylic acid groups (broad SMARTS) is 1. The fourth-order valence-electron chi connectivity index (χ4n) is 4.42. The summed E-state index contributed by atoms with van der Waals surface area (Å²) < 4.78 is 13.9. The van der Waals surface area contributed by atoms with Crippen LogP contribution < -0.4 is 0 Å². The summed E-state index contributed by atoms with van der Waals surface area (Å²) in [5.74, 6) is -1.46. The first-order chi connectivity index (χ1) is 16.9. The van der Waals surface area contributed by atoms with Crippen LogP contribution in [0.25, 0.3) is 11.1 Å². The molecule has 0 aliphatic carbocycles. The molecule has 176 valence electrons. The van der Waals surface area contributed by atoms with E-state index in [2.05, 4.69) is 10.2 Å². The van der Waals surface area contributed by atoms with Crippen LogP contribution in [0.3, 0.4) is 0 Å². The van der Waals surface area contributed by atoms with Crippen molar-refractivity contribution >= 4 is 5.97 Å². The molecule has 35 heavy (non-hydrogen) atoms. The molecule has 5 nitrogen and oxygen atoms in total. The second-order valence-corrected chi connectivity index (χ2v) is 8.65. The van der Waals surface area contributed by atoms with Crippen LogP contribution in [-0.2, 0) is 0 Å². The highest BCUT2D eigenvalue weighted by Crippen LogP contribution is 2.38. The molecule has 2 unspecified atom stereocenters. The number of carbonyl (C=O) groups is 1. The smallest absolute Gasteiger partial charge is 0.335 e. The summed E-state index contributed by atoms with van der Waals surface area (Å²) in [6.45, 7) is 3.73. The first-order valence-electron chi connectivity index (χ1n) is 11.3. The van der Waals surface area contributed by atoms with Crippen LogP contribution in [0, 0.1) is 24.6 Å². The Labute approximate surface area is 203 Å². The van der Waals surface area contributed by atoms with Gasteiger partial charge in [-0.2, -0.15) is 4.91 Å². The van der Waals surface area contributed by atoms with Crippen molar-refractivity contribution in [2.24, 2.45) is 5.18 Å². The highest BCUT2D eigenvalue weighted by atomic mass is 19.1. The van der Waals surface area contributed by atoms with Crippen molar-refractivity contribution in [2.75, 3.05) is 0 Å². The summed E-state index contributed by atoms with van der Waals surface area (Å²) in [6.07, 6.45) is 2.09. The minimum atomic E-state index is -0.966. The maximum atomic E-state index is 13.9. The Bertz CT molecular complexity index is 1350. The number of hydrogen-bond donors (Lipinski definition) is 1. The molecule has 0 bridgehead atoms. The van der Waals surface area contributed by atoms with E-state index in [1.807, 2.05) is 44.2 Å². The standard InChI is InChI=1S/C29H25FN2O3/c1-18-15-25(30)11-12-26(18)27(17-28(32-35)24-13-14-31-19(2)16-24)22-7-3-20(4-8-22)21-5-9-23(10-6-21)29(33)34/h3-16,27-28H,17H2,1-2H3,(H,33,34). The lowest BCUT2D eigenvalue weighted by molar-refractivity contribution is 0.0697. The molecule has 0 aliphatic rings. The van der Waals surface area contributed by atoms with Crippen LogP contribution in [0.2, 0.25) is 0 Å². The lowest BCUT2D eigenvalue weighted by Crippen LogP contribution is -2.09. The van der Waals surface area contributed by atoms with Crippen molar-refractivity contribution in [1.82, 2.24) is 4.98 Å². The van der Waals surface area contributed by atoms with Gasteiger partial charge in [-0.25, -0.2) is 9.18 Å². The van der Waals surface area contributed by atoms with Crippen LogP contribution in [0.1, 0.15) is 56.7 Å². The lowest BCUT2D eigenvalue weighted by Gasteiger charge is -2.23. The van der Waals surface area contributed by atoms with E-state index in [-0.39, 0.29) is 17.3 Å². The van der Waals surface area contributed by atoms with Gasteiger partial charge in [0.1, 0.15) is 11.9 Å². The molecule has 0 saturated heterocycles. The van der Waals surface area contributed by atoms with Crippen molar-refractivity contribution in [2.45, 2.75) is 32.2 Å². The molecule has 1 N–H and O–H groups in total. The van der Waals surface area contributed by atoms with Crippen LogP contribution in [0.5, 0.6) is 0 Å². The van der Waals surface area contributed by atoms with E-state index in [1.165, 1.54) is 12.1 Å². The summed E-state index contributed by atoms with van der Waals surface area (Å²) in [5.41, 5.74) is 6.39. The van der Waals surface area contributed by atoms with Gasteiger partial charge < -0.3 is 5.11 Å². The number of hydrogen-bond acceptors (Lipinski definition) is 4. The van der Waals surface area contributed by atoms with E-state index in [9.17, 15) is 14.1 Å². The molecule has 0 aliphatic heterocycles. The molecule has 0 spiro atoms. The molecule has 1 aromatic heterocycles. The summed E-state index contributed by atoms with van der Waals surface area (Å²) >= 11 is 0. The molecule has 0 amide bonds. The SMILES string of the molecule is Cc1cc(C(CC(c2ccc(-c3ccc(C(=O)O)cc3)cc2)c2ccc(F)cc2C)N=O)ccn1. The largest absolute Gasteiger partial charge is 0.478 e. The number of aryl methyl sites for hydroxylation is 2. The van der Waals surface area contributed by atoms with Gasteiger partial charge in [-0.05, 0) is 90.0 Å². The number of benzene rings is 3. The van der Waals surface area contributed by atoms with Gasteiger partial charge in [0.25, 0.3) is 0 Å². The van der Waals surface area contributed by atoms with Crippen LogP contribution in [-0.4, -0.2) is 16.1 Å². The second-order valence-electron chi connectivity index (χ2n) is 8.65. The summed E-state index contributed by atoms with van der Waals surface area (Å²) in [4.78, 5) is 27.2. The molecular weight excluding hydrogens is 443 g/mol. The molecule has 4 rings (SSSR count). The second kappa shape index (κ2) is 10.4. The van der Waals surface area contributed by atoms with Gasteiger partial charge in [-0.15, -0.1) is 0 Å². The normalized spacial score (nSPS) is 12.7. The van der Waals surface area contributed by atoms with E-state index in [0.717, 1.165) is 39.1 Å². The predicted molar refractivity (Wildman–Crippen MR) is 134 cm³/mol. The average molecular weight is 469 g/mol. The fraction of sp³-hybridized carbons (Fsp3) is 0.172. The van der Waals surface area contributed by atoms with Crippen molar-refractivity contribution in [3.8, 4) is 11.1 Å². The Balaban J connectivity index is 1.70. The number of nitrogens with zero attached hydrogens (tertiary/aromatic N) is 2. The fourth-order valence-corrected chi connectivity index (χ4v) is 4.42. The molecule has 6 heteroatoms. The molecule has 3 aromatic carbocycles. The minimum Gasteiger partial charge on any atom is -0.478 e. The van der Waals surface area contributed by atoms with Crippen molar-refractivity contribution in [3.05, 3.63) is 129 Å². The number of halogens is 1. The average Bonchev–Trinajstić information content (AvgIpc) is 2.86. The maximum absolute atomic E-state index is 13.9. The van der Waals surface area contributed by atoms with E-state index in [0.29, 0.717) is 6.42 Å². The molecule has 0 fully saturated rings. The third-order valence-electron chi connectivity index (χ3n) is 6.28. The van der Waals surface area contributed by atoms with Gasteiger partial charge in [0.05, 0.1) is 5.56 Å². The zero-order valence-electron chi connectivity index (χ0n) is 19.5. The zero-order valence-corrected chi connectivity index (χ0v) is 19.5. The maximum Gasteiger partial charge on any atom is 0.335 e. The van der Waals surface area contributed by atoms with Gasteiger partial charge in [-0.3, -0.25) is 4.98 Å². The number of pyridine rings is 1. The van der Waals surface area contributed by atoms with Crippen molar-refractivity contribution in [1.29, 1.82) is 0 Å². The van der Waals surface area contributed by atoms with Gasteiger partial charge >= 0.3 is 5.97 Å². The molecule has 2 atom stereocenters. The van der Waals surface area contributed by atoms with E-state index in [4.69, 9.17) is 5.11 Å². The number of carboxylic acids is 1. The Hall–Kier alpha value is -4.19. The first-order valence-corrected chi connectivity index (χ1v) is 11.3. The Morgan fingerprint density at radius 3 is 2.14 bits per heavy atom. The van der Waals surface area contributed by atoms with E-state index in [1.54, 1.807) is 42.6 Å². The third-order valence-corrected chi connectivity index (χ3v) is 6.28. The number of nitroso groups, excluding NO2 is 1. The Kier molecular flexibility index (Phi) is 7.11. The lowest BCUT2D eigenvalue weighted by atomic mass is 9.82. The molecule has 0 saturated carbocycles. The molecule has 0 radical (unpaired) electrons. The highest BCUT2D eigenvalue weighted by molar-refractivity contribution is 5.88. The summed E-state index contributed by atoms with van der Waals surface area (Å²) in [5, 5.41) is 12.5.